The first kappa shape index (κ1) is 14.9. The monoisotopic (exact) mass is 271 g/mol. The molecule has 1 heterocycles. The molecular formula is C17H25N3. The smallest absolute Gasteiger partial charge is 0.0488 e. The third-order valence-electron chi connectivity index (χ3n) is 4.75. The van der Waals surface area contributed by atoms with Crippen LogP contribution in [-0.2, 0) is 0 Å². The van der Waals surface area contributed by atoms with Crippen LogP contribution in [0.2, 0.25) is 0 Å². The molecule has 0 saturated heterocycles. The Hall–Kier alpha value is -1.45. The van der Waals surface area contributed by atoms with Crippen LogP contribution in [0.1, 0.15) is 38.3 Å². The van der Waals surface area contributed by atoms with Gasteiger partial charge in [0.25, 0.3) is 0 Å². The van der Waals surface area contributed by atoms with Crippen molar-refractivity contribution < 1.29 is 0 Å². The van der Waals surface area contributed by atoms with Crippen LogP contribution in [0.25, 0.3) is 10.8 Å². The standard InChI is InChI=1S/C17H25N3/c1-5-17(6-2,20(3)4)16(18)14-9-7-8-13-10-11-19-12-15(13)14/h7-12,16H,5-6,18H2,1-4H3. The zero-order valence-electron chi connectivity index (χ0n) is 12.9. The number of fused-ring (bicyclic) bond motifs is 1. The quantitative estimate of drug-likeness (QED) is 0.906. The Labute approximate surface area is 121 Å². The molecule has 108 valence electrons. The van der Waals surface area contributed by atoms with E-state index < -0.39 is 0 Å². The molecule has 0 amide bonds. The molecule has 0 aliphatic heterocycles. The van der Waals surface area contributed by atoms with E-state index in [1.807, 2.05) is 18.5 Å². The minimum Gasteiger partial charge on any atom is -0.322 e. The maximum atomic E-state index is 6.69. The van der Waals surface area contributed by atoms with Crippen molar-refractivity contribution in [2.24, 2.45) is 5.73 Å². The molecule has 0 aliphatic carbocycles. The van der Waals surface area contributed by atoms with Crippen molar-refractivity contribution in [1.82, 2.24) is 9.88 Å². The van der Waals surface area contributed by atoms with Crippen LogP contribution in [-0.4, -0.2) is 29.5 Å². The molecule has 1 unspecified atom stereocenters. The molecule has 0 fully saturated rings. The zero-order valence-corrected chi connectivity index (χ0v) is 12.9. The minimum absolute atomic E-state index is 0.0237. The van der Waals surface area contributed by atoms with Gasteiger partial charge in [-0.1, -0.05) is 32.0 Å². The first-order chi connectivity index (χ1) is 9.56. The molecule has 1 atom stereocenters. The average Bonchev–Trinajstić information content (AvgIpc) is 2.48. The van der Waals surface area contributed by atoms with E-state index in [0.717, 1.165) is 18.2 Å². The van der Waals surface area contributed by atoms with Crippen LogP contribution in [0.15, 0.2) is 36.7 Å². The molecule has 0 spiro atoms. The van der Waals surface area contributed by atoms with Gasteiger partial charge in [-0.3, -0.25) is 4.98 Å². The number of nitrogens with two attached hydrogens (primary N) is 1. The molecule has 2 rings (SSSR count). The van der Waals surface area contributed by atoms with Crippen LogP contribution in [0.3, 0.4) is 0 Å². The molecule has 1 aromatic heterocycles. The van der Waals surface area contributed by atoms with Crippen molar-refractivity contribution in [3.05, 3.63) is 42.2 Å². The molecule has 2 aromatic rings. The van der Waals surface area contributed by atoms with Crippen LogP contribution in [0.4, 0.5) is 0 Å². The molecule has 0 aliphatic rings. The lowest BCUT2D eigenvalue weighted by Gasteiger charge is -2.44. The number of pyridine rings is 1. The van der Waals surface area contributed by atoms with Gasteiger partial charge in [-0.05, 0) is 44.0 Å². The van der Waals surface area contributed by atoms with Crippen LogP contribution in [0.5, 0.6) is 0 Å². The Morgan fingerprint density at radius 2 is 1.90 bits per heavy atom. The van der Waals surface area contributed by atoms with Crippen LogP contribution >= 0.6 is 0 Å². The second-order valence-electron chi connectivity index (χ2n) is 5.63. The molecule has 1 aromatic carbocycles. The Morgan fingerprint density at radius 1 is 1.20 bits per heavy atom. The van der Waals surface area contributed by atoms with Crippen LogP contribution in [0, 0.1) is 0 Å². The van der Waals surface area contributed by atoms with Crippen molar-refractivity contribution in [3.8, 4) is 0 Å². The van der Waals surface area contributed by atoms with Crippen LogP contribution < -0.4 is 5.73 Å². The average molecular weight is 271 g/mol. The lowest BCUT2D eigenvalue weighted by molar-refractivity contribution is 0.106. The van der Waals surface area contributed by atoms with Crippen molar-refractivity contribution in [2.75, 3.05) is 14.1 Å². The number of nitrogens with zero attached hydrogens (tertiary/aromatic N) is 2. The van der Waals surface area contributed by atoms with Gasteiger partial charge in [0.1, 0.15) is 0 Å². The number of likely N-dealkylation sites (N-methyl/N-ethyl adjacent to an activating group) is 1. The summed E-state index contributed by atoms with van der Waals surface area (Å²) in [5, 5.41) is 2.36. The van der Waals surface area contributed by atoms with Gasteiger partial charge >= 0.3 is 0 Å². The second-order valence-corrected chi connectivity index (χ2v) is 5.63. The highest BCUT2D eigenvalue weighted by atomic mass is 15.2. The summed E-state index contributed by atoms with van der Waals surface area (Å²) in [6.45, 7) is 4.43. The normalized spacial score (nSPS) is 13.9. The molecular weight excluding hydrogens is 246 g/mol. The molecule has 3 nitrogen and oxygen atoms in total. The van der Waals surface area contributed by atoms with Crippen molar-refractivity contribution in [3.63, 3.8) is 0 Å². The van der Waals surface area contributed by atoms with E-state index in [1.165, 1.54) is 10.9 Å². The summed E-state index contributed by atoms with van der Waals surface area (Å²) < 4.78 is 0. The second kappa shape index (κ2) is 5.90. The summed E-state index contributed by atoms with van der Waals surface area (Å²) in [7, 11) is 4.24. The third-order valence-corrected chi connectivity index (χ3v) is 4.75. The largest absolute Gasteiger partial charge is 0.322 e. The number of benzene rings is 1. The van der Waals surface area contributed by atoms with Gasteiger partial charge in [-0.2, -0.15) is 0 Å². The summed E-state index contributed by atoms with van der Waals surface area (Å²) in [4.78, 5) is 6.54. The summed E-state index contributed by atoms with van der Waals surface area (Å²) in [6, 6.07) is 8.35. The third kappa shape index (κ3) is 2.32. The Balaban J connectivity index is 2.57. The summed E-state index contributed by atoms with van der Waals surface area (Å²) >= 11 is 0. The summed E-state index contributed by atoms with van der Waals surface area (Å²) in [5.41, 5.74) is 7.86. The first-order valence-corrected chi connectivity index (χ1v) is 7.32. The lowest BCUT2D eigenvalue weighted by Crippen LogP contribution is -2.51. The van der Waals surface area contributed by atoms with Crippen molar-refractivity contribution in [2.45, 2.75) is 38.3 Å². The van der Waals surface area contributed by atoms with Gasteiger partial charge < -0.3 is 10.6 Å². The predicted molar refractivity (Wildman–Crippen MR) is 85.7 cm³/mol. The minimum atomic E-state index is -0.0274. The SMILES string of the molecule is CCC(CC)(C(N)c1cccc2ccncc12)N(C)C. The van der Waals surface area contributed by atoms with E-state index in [1.54, 1.807) is 0 Å². The van der Waals surface area contributed by atoms with E-state index in [-0.39, 0.29) is 11.6 Å². The zero-order chi connectivity index (χ0) is 14.8. The number of rotatable bonds is 5. The number of hydrogen-bond donors (Lipinski definition) is 1. The number of hydrogen-bond acceptors (Lipinski definition) is 3. The van der Waals surface area contributed by atoms with Crippen molar-refractivity contribution >= 4 is 10.8 Å². The van der Waals surface area contributed by atoms with Gasteiger partial charge in [-0.25, -0.2) is 0 Å². The highest BCUT2D eigenvalue weighted by Crippen LogP contribution is 2.36. The first-order valence-electron chi connectivity index (χ1n) is 7.32. The van der Waals surface area contributed by atoms with E-state index >= 15 is 0 Å². The van der Waals surface area contributed by atoms with Gasteiger partial charge in [-0.15, -0.1) is 0 Å². The van der Waals surface area contributed by atoms with Crippen molar-refractivity contribution in [1.29, 1.82) is 0 Å². The highest BCUT2D eigenvalue weighted by molar-refractivity contribution is 5.85. The predicted octanol–water partition coefficient (Wildman–Crippen LogP) is 3.36. The molecule has 2 N–H and O–H groups in total. The van der Waals surface area contributed by atoms with Gasteiger partial charge in [0, 0.05) is 29.4 Å². The van der Waals surface area contributed by atoms with E-state index in [4.69, 9.17) is 5.73 Å². The van der Waals surface area contributed by atoms with E-state index in [2.05, 4.69) is 56.0 Å². The fraction of sp³-hybridized carbons (Fsp3) is 0.471. The van der Waals surface area contributed by atoms with Gasteiger partial charge in [0.2, 0.25) is 0 Å². The molecule has 0 saturated carbocycles. The number of aromatic nitrogens is 1. The maximum absolute atomic E-state index is 6.69. The topological polar surface area (TPSA) is 42.1 Å². The Kier molecular flexibility index (Phi) is 4.41. The highest BCUT2D eigenvalue weighted by Gasteiger charge is 2.37. The summed E-state index contributed by atoms with van der Waals surface area (Å²) in [6.07, 6.45) is 5.80. The molecule has 20 heavy (non-hydrogen) atoms. The fourth-order valence-electron chi connectivity index (χ4n) is 3.30. The maximum Gasteiger partial charge on any atom is 0.0488 e. The van der Waals surface area contributed by atoms with E-state index in [0.29, 0.717) is 0 Å². The molecule has 0 radical (unpaired) electrons. The van der Waals surface area contributed by atoms with E-state index in [9.17, 15) is 0 Å². The van der Waals surface area contributed by atoms with Gasteiger partial charge in [0.05, 0.1) is 0 Å². The molecule has 3 heteroatoms. The lowest BCUT2D eigenvalue weighted by atomic mass is 9.79. The summed E-state index contributed by atoms with van der Waals surface area (Å²) in [5.74, 6) is 0. The molecule has 0 bridgehead atoms. The Bertz CT molecular complexity index is 568. The van der Waals surface area contributed by atoms with Gasteiger partial charge in [0.15, 0.2) is 0 Å². The Morgan fingerprint density at radius 3 is 2.50 bits per heavy atom. The fourth-order valence-corrected chi connectivity index (χ4v) is 3.30.